The largest absolute Gasteiger partial charge is 0.269 e. The summed E-state index contributed by atoms with van der Waals surface area (Å²) in [5.74, 6) is 5.65. The van der Waals surface area contributed by atoms with Gasteiger partial charge in [-0.3, -0.25) is 5.84 Å². The molecule has 0 aliphatic rings. The second-order valence-electron chi connectivity index (χ2n) is 3.28. The Balaban J connectivity index is 3.47. The van der Waals surface area contributed by atoms with E-state index in [2.05, 4.69) is 33.4 Å². The van der Waals surface area contributed by atoms with Crippen molar-refractivity contribution in [3.05, 3.63) is 0 Å². The lowest BCUT2D eigenvalue weighted by Gasteiger charge is -2.24. The maximum Gasteiger partial charge on any atom is 0.0268 e. The number of hydrogen-bond acceptors (Lipinski definition) is 3. The first-order valence-corrected chi connectivity index (χ1v) is 4.12. The molecule has 2 nitrogen and oxygen atoms in total. The lowest BCUT2D eigenvalue weighted by molar-refractivity contribution is 0.265. The maximum atomic E-state index is 5.65. The summed E-state index contributed by atoms with van der Waals surface area (Å²) < 4.78 is 0.0178. The van der Waals surface area contributed by atoms with Crippen LogP contribution in [-0.2, 0) is 0 Å². The molecule has 0 saturated heterocycles. The summed E-state index contributed by atoms with van der Waals surface area (Å²) in [6.07, 6.45) is 1.10. The Hall–Kier alpha value is 0.270. The van der Waals surface area contributed by atoms with E-state index in [-0.39, 0.29) is 4.75 Å². The maximum absolute atomic E-state index is 5.65. The van der Waals surface area contributed by atoms with Crippen molar-refractivity contribution >= 4 is 12.6 Å². The van der Waals surface area contributed by atoms with E-state index in [0.717, 1.165) is 19.5 Å². The van der Waals surface area contributed by atoms with Crippen molar-refractivity contribution in [2.24, 2.45) is 5.84 Å². The first-order chi connectivity index (χ1) is 4.45. The van der Waals surface area contributed by atoms with Gasteiger partial charge in [0.15, 0.2) is 0 Å². The molecule has 0 aromatic rings. The van der Waals surface area contributed by atoms with Gasteiger partial charge in [0.25, 0.3) is 0 Å². The van der Waals surface area contributed by atoms with E-state index in [1.54, 1.807) is 0 Å². The Labute approximate surface area is 69.2 Å². The highest BCUT2D eigenvalue weighted by Crippen LogP contribution is 2.11. The van der Waals surface area contributed by atoms with Crippen molar-refractivity contribution in [1.29, 1.82) is 0 Å². The normalized spacial score (nSPS) is 12.6. The molecular weight excluding hydrogens is 144 g/mol. The molecule has 62 valence electrons. The van der Waals surface area contributed by atoms with Gasteiger partial charge < -0.3 is 0 Å². The van der Waals surface area contributed by atoms with Gasteiger partial charge in [-0.1, -0.05) is 6.92 Å². The highest BCUT2D eigenvalue weighted by Gasteiger charge is 2.13. The van der Waals surface area contributed by atoms with Gasteiger partial charge in [0.05, 0.1) is 0 Å². The molecular formula is C7H18N2S. The van der Waals surface area contributed by atoms with Crippen LogP contribution in [0.3, 0.4) is 0 Å². The van der Waals surface area contributed by atoms with Crippen LogP contribution in [0.1, 0.15) is 27.2 Å². The number of nitrogens with two attached hydrogens (primary N) is 1. The van der Waals surface area contributed by atoms with Crippen molar-refractivity contribution in [1.82, 2.24) is 5.01 Å². The summed E-state index contributed by atoms with van der Waals surface area (Å²) in [7, 11) is 0. The Morgan fingerprint density at radius 2 is 2.00 bits per heavy atom. The Morgan fingerprint density at radius 1 is 1.50 bits per heavy atom. The van der Waals surface area contributed by atoms with Gasteiger partial charge in [0.2, 0.25) is 0 Å². The molecule has 0 radical (unpaired) electrons. The van der Waals surface area contributed by atoms with Gasteiger partial charge in [-0.2, -0.15) is 12.6 Å². The van der Waals surface area contributed by atoms with Gasteiger partial charge in [-0.05, 0) is 20.3 Å². The van der Waals surface area contributed by atoms with Crippen LogP contribution in [0.5, 0.6) is 0 Å². The van der Waals surface area contributed by atoms with Crippen LogP contribution in [0.15, 0.2) is 0 Å². The van der Waals surface area contributed by atoms with Crippen LogP contribution in [0.2, 0.25) is 0 Å². The highest BCUT2D eigenvalue weighted by atomic mass is 32.1. The molecule has 0 atom stereocenters. The van der Waals surface area contributed by atoms with Crippen LogP contribution in [0.4, 0.5) is 0 Å². The lowest BCUT2D eigenvalue weighted by Crippen LogP contribution is -2.40. The molecule has 0 bridgehead atoms. The van der Waals surface area contributed by atoms with Gasteiger partial charge in [-0.25, -0.2) is 5.01 Å². The zero-order valence-corrected chi connectivity index (χ0v) is 7.99. The van der Waals surface area contributed by atoms with E-state index < -0.39 is 0 Å². The minimum absolute atomic E-state index is 0.0178. The summed E-state index contributed by atoms with van der Waals surface area (Å²) in [6, 6.07) is 0. The molecule has 0 fully saturated rings. The smallest absolute Gasteiger partial charge is 0.0268 e. The van der Waals surface area contributed by atoms with Crippen molar-refractivity contribution < 1.29 is 0 Å². The standard InChI is InChI=1S/C7H18N2S/c1-4-5-9(8)6-7(2,3)10/h10H,4-6,8H2,1-3H3. The molecule has 0 amide bonds. The third-order valence-corrected chi connectivity index (χ3v) is 1.24. The van der Waals surface area contributed by atoms with E-state index in [4.69, 9.17) is 5.84 Å². The van der Waals surface area contributed by atoms with Crippen molar-refractivity contribution in [2.75, 3.05) is 13.1 Å². The molecule has 0 rings (SSSR count). The summed E-state index contributed by atoms with van der Waals surface area (Å²) in [4.78, 5) is 0. The highest BCUT2D eigenvalue weighted by molar-refractivity contribution is 7.81. The predicted octanol–water partition coefficient (Wildman–Crippen LogP) is 1.28. The predicted molar refractivity (Wildman–Crippen MR) is 49.1 cm³/mol. The molecule has 0 aliphatic carbocycles. The topological polar surface area (TPSA) is 29.3 Å². The quantitative estimate of drug-likeness (QED) is 0.370. The van der Waals surface area contributed by atoms with Gasteiger partial charge >= 0.3 is 0 Å². The van der Waals surface area contributed by atoms with E-state index in [1.165, 1.54) is 0 Å². The Bertz CT molecular complexity index is 88.1. The van der Waals surface area contributed by atoms with E-state index >= 15 is 0 Å². The number of hydrazine groups is 1. The summed E-state index contributed by atoms with van der Waals surface area (Å²) in [5.41, 5.74) is 0. The van der Waals surface area contributed by atoms with Crippen LogP contribution < -0.4 is 5.84 Å². The third-order valence-electron chi connectivity index (χ3n) is 1.10. The number of hydrogen-bond donors (Lipinski definition) is 2. The molecule has 0 saturated carbocycles. The summed E-state index contributed by atoms with van der Waals surface area (Å²) >= 11 is 4.37. The zero-order chi connectivity index (χ0) is 8.20. The van der Waals surface area contributed by atoms with Crippen LogP contribution in [0, 0.1) is 0 Å². The van der Waals surface area contributed by atoms with Crippen molar-refractivity contribution in [2.45, 2.75) is 31.9 Å². The molecule has 2 N–H and O–H groups in total. The molecule has 10 heavy (non-hydrogen) atoms. The first kappa shape index (κ1) is 10.3. The van der Waals surface area contributed by atoms with Gasteiger partial charge in [0, 0.05) is 17.8 Å². The number of thiol groups is 1. The van der Waals surface area contributed by atoms with Crippen LogP contribution in [-0.4, -0.2) is 22.8 Å². The third kappa shape index (κ3) is 6.39. The van der Waals surface area contributed by atoms with E-state index in [1.807, 2.05) is 5.01 Å². The molecule has 0 aromatic carbocycles. The van der Waals surface area contributed by atoms with Gasteiger partial charge in [-0.15, -0.1) is 0 Å². The Morgan fingerprint density at radius 3 is 2.30 bits per heavy atom. The lowest BCUT2D eigenvalue weighted by atomic mass is 10.2. The summed E-state index contributed by atoms with van der Waals surface area (Å²) in [5, 5.41) is 1.81. The van der Waals surface area contributed by atoms with Gasteiger partial charge in [0.1, 0.15) is 0 Å². The molecule has 0 aromatic heterocycles. The number of nitrogens with zero attached hydrogens (tertiary/aromatic N) is 1. The SMILES string of the molecule is CCCN(N)CC(C)(C)S. The molecule has 0 spiro atoms. The minimum atomic E-state index is 0.0178. The van der Waals surface area contributed by atoms with Crippen LogP contribution >= 0.6 is 12.6 Å². The van der Waals surface area contributed by atoms with E-state index in [9.17, 15) is 0 Å². The van der Waals surface area contributed by atoms with E-state index in [0.29, 0.717) is 0 Å². The molecule has 3 heteroatoms. The second kappa shape index (κ2) is 4.21. The fourth-order valence-corrected chi connectivity index (χ4v) is 1.04. The first-order valence-electron chi connectivity index (χ1n) is 3.67. The fourth-order valence-electron chi connectivity index (χ4n) is 0.863. The average molecular weight is 162 g/mol. The number of rotatable bonds is 4. The summed E-state index contributed by atoms with van der Waals surface area (Å²) in [6.45, 7) is 8.02. The molecule has 0 unspecified atom stereocenters. The van der Waals surface area contributed by atoms with Crippen molar-refractivity contribution in [3.63, 3.8) is 0 Å². The van der Waals surface area contributed by atoms with Crippen LogP contribution in [0.25, 0.3) is 0 Å². The Kier molecular flexibility index (Phi) is 4.32. The second-order valence-corrected chi connectivity index (χ2v) is 4.49. The monoisotopic (exact) mass is 162 g/mol. The fraction of sp³-hybridized carbons (Fsp3) is 1.00. The average Bonchev–Trinajstić information content (AvgIpc) is 1.59. The minimum Gasteiger partial charge on any atom is -0.269 e. The molecule has 0 aliphatic heterocycles. The molecule has 0 heterocycles. The zero-order valence-electron chi connectivity index (χ0n) is 7.09. The van der Waals surface area contributed by atoms with Crippen molar-refractivity contribution in [3.8, 4) is 0 Å².